The first-order valence-corrected chi connectivity index (χ1v) is 9.91. The van der Waals surface area contributed by atoms with Crippen LogP contribution >= 0.6 is 0 Å². The Morgan fingerprint density at radius 3 is 0.903 bits per heavy atom. The summed E-state index contributed by atoms with van der Waals surface area (Å²) in [6, 6.07) is 29.9. The predicted molar refractivity (Wildman–Crippen MR) is 130 cm³/mol. The first-order valence-electron chi connectivity index (χ1n) is 9.91. The lowest BCUT2D eigenvalue weighted by molar-refractivity contribution is 0.507. The predicted octanol–water partition coefficient (Wildman–Crippen LogP) is 8.25. The minimum absolute atomic E-state index is 0. The molecule has 4 nitrogen and oxygen atoms in total. The van der Waals surface area contributed by atoms with Crippen LogP contribution in [-0.2, 0) is 0 Å². The molecule has 31 heavy (non-hydrogen) atoms. The smallest absolute Gasteiger partial charge is 0.292 e. The minimum Gasteiger partial charge on any atom is -0.388 e. The molecule has 0 unspecified atom stereocenters. The molecule has 0 saturated heterocycles. The third kappa shape index (κ3) is 26.2. The van der Waals surface area contributed by atoms with Crippen molar-refractivity contribution in [3.63, 3.8) is 0 Å². The van der Waals surface area contributed by atoms with Crippen molar-refractivity contribution in [1.29, 1.82) is 10.5 Å². The van der Waals surface area contributed by atoms with Gasteiger partial charge in [-0.1, -0.05) is 121 Å². The lowest BCUT2D eigenvalue weighted by atomic mass is 10.3. The molecule has 3 rings (SSSR count). The van der Waals surface area contributed by atoms with Crippen molar-refractivity contribution in [3.05, 3.63) is 97.1 Å². The molecule has 166 valence electrons. The summed E-state index contributed by atoms with van der Waals surface area (Å²) in [5.74, 6) is 1.17. The standard InChI is InChI=1S/2C7H5NO.C6H6.2C3H8.CH4/c2*8-6-9-7-4-2-1-3-5-7;1-2-4-6-5-3-1;2*1-3-2;/h2*1-5H;1-6H;2*3H2,1-2H3;1H4. The molecule has 0 spiro atoms. The summed E-state index contributed by atoms with van der Waals surface area (Å²) >= 11 is 0. The highest BCUT2D eigenvalue weighted by Crippen LogP contribution is 2.07. The van der Waals surface area contributed by atoms with Gasteiger partial charge in [0.15, 0.2) is 0 Å². The number of para-hydroxylation sites is 2. The second-order valence-corrected chi connectivity index (χ2v) is 5.58. The topological polar surface area (TPSA) is 66.0 Å². The average Bonchev–Trinajstić information content (AvgIpc) is 2.79. The summed E-state index contributed by atoms with van der Waals surface area (Å²) in [5, 5.41) is 16.1. The van der Waals surface area contributed by atoms with E-state index >= 15 is 0 Å². The largest absolute Gasteiger partial charge is 0.388 e. The normalized spacial score (nSPS) is 7.29. The SMILES string of the molecule is C.CCC.CCC.N#COc1ccccc1.N#COc1ccccc1.c1ccccc1. The van der Waals surface area contributed by atoms with Gasteiger partial charge in [0.05, 0.1) is 0 Å². The fourth-order valence-electron chi connectivity index (χ4n) is 1.47. The Morgan fingerprint density at radius 2 is 0.710 bits per heavy atom. The van der Waals surface area contributed by atoms with Crippen LogP contribution < -0.4 is 9.47 Å². The van der Waals surface area contributed by atoms with Crippen LogP contribution in [0.15, 0.2) is 97.1 Å². The Kier molecular flexibility index (Phi) is 29.3. The second kappa shape index (κ2) is 28.4. The van der Waals surface area contributed by atoms with Gasteiger partial charge in [0.1, 0.15) is 11.5 Å². The van der Waals surface area contributed by atoms with E-state index in [9.17, 15) is 0 Å². The molecule has 0 fully saturated rings. The molecular formula is C27H36N2O2. The van der Waals surface area contributed by atoms with Crippen LogP contribution in [0.25, 0.3) is 0 Å². The van der Waals surface area contributed by atoms with Gasteiger partial charge in [-0.3, -0.25) is 0 Å². The molecule has 0 bridgehead atoms. The zero-order chi connectivity index (χ0) is 22.7. The van der Waals surface area contributed by atoms with E-state index in [2.05, 4.69) is 37.2 Å². The molecule has 4 heteroatoms. The van der Waals surface area contributed by atoms with Gasteiger partial charge in [-0.05, 0) is 24.3 Å². The van der Waals surface area contributed by atoms with Crippen LogP contribution in [0.3, 0.4) is 0 Å². The first kappa shape index (κ1) is 31.9. The summed E-state index contributed by atoms with van der Waals surface area (Å²) in [7, 11) is 0. The minimum atomic E-state index is 0. The number of hydrogen-bond acceptors (Lipinski definition) is 4. The van der Waals surface area contributed by atoms with E-state index in [0.29, 0.717) is 11.5 Å². The molecule has 0 N–H and O–H groups in total. The number of rotatable bonds is 2. The lowest BCUT2D eigenvalue weighted by Gasteiger charge is -1.89. The van der Waals surface area contributed by atoms with Crippen LogP contribution in [-0.4, -0.2) is 0 Å². The maximum absolute atomic E-state index is 8.05. The Labute approximate surface area is 189 Å². The number of hydrogen-bond donors (Lipinski definition) is 0. The molecule has 0 radical (unpaired) electrons. The summed E-state index contributed by atoms with van der Waals surface area (Å²) < 4.78 is 9.02. The second-order valence-electron chi connectivity index (χ2n) is 5.58. The third-order valence-corrected chi connectivity index (χ3v) is 2.48. The van der Waals surface area contributed by atoms with Crippen molar-refractivity contribution >= 4 is 0 Å². The molecular weight excluding hydrogens is 384 g/mol. The quantitative estimate of drug-likeness (QED) is 0.391. The van der Waals surface area contributed by atoms with E-state index in [4.69, 9.17) is 10.5 Å². The van der Waals surface area contributed by atoms with Gasteiger partial charge in [0, 0.05) is 0 Å². The summed E-state index contributed by atoms with van der Waals surface area (Å²) in [6.45, 7) is 8.50. The molecule has 0 aromatic heterocycles. The lowest BCUT2D eigenvalue weighted by Crippen LogP contribution is -1.78. The summed E-state index contributed by atoms with van der Waals surface area (Å²) in [4.78, 5) is 0. The van der Waals surface area contributed by atoms with Gasteiger partial charge in [-0.15, -0.1) is 10.5 Å². The van der Waals surface area contributed by atoms with Crippen LogP contribution in [0.4, 0.5) is 0 Å². The number of ether oxygens (including phenoxy) is 2. The molecule has 0 heterocycles. The summed E-state index contributed by atoms with van der Waals surface area (Å²) in [5.41, 5.74) is 0. The van der Waals surface area contributed by atoms with Gasteiger partial charge in [0.25, 0.3) is 12.5 Å². The van der Waals surface area contributed by atoms with Crippen molar-refractivity contribution in [1.82, 2.24) is 0 Å². The fraction of sp³-hybridized carbons (Fsp3) is 0.259. The number of benzene rings is 3. The Bertz CT molecular complexity index is 685. The third-order valence-electron chi connectivity index (χ3n) is 2.48. The molecule has 0 amide bonds. The molecule has 0 aliphatic carbocycles. The van der Waals surface area contributed by atoms with Crippen molar-refractivity contribution < 1.29 is 9.47 Å². The molecule has 0 saturated carbocycles. The maximum Gasteiger partial charge on any atom is 0.292 e. The van der Waals surface area contributed by atoms with Crippen LogP contribution in [0.5, 0.6) is 11.5 Å². The van der Waals surface area contributed by atoms with Crippen molar-refractivity contribution in [2.45, 2.75) is 48.0 Å². The van der Waals surface area contributed by atoms with E-state index in [1.807, 2.05) is 72.8 Å². The Morgan fingerprint density at radius 1 is 0.516 bits per heavy atom. The van der Waals surface area contributed by atoms with E-state index in [1.54, 1.807) is 36.8 Å². The van der Waals surface area contributed by atoms with Crippen molar-refractivity contribution in [3.8, 4) is 24.0 Å². The monoisotopic (exact) mass is 420 g/mol. The molecule has 0 atom stereocenters. The van der Waals surface area contributed by atoms with E-state index < -0.39 is 0 Å². The van der Waals surface area contributed by atoms with Gasteiger partial charge in [-0.25, -0.2) is 0 Å². The zero-order valence-corrected chi connectivity index (χ0v) is 18.4. The Balaban J connectivity index is -0.000000336. The fourth-order valence-corrected chi connectivity index (χ4v) is 1.47. The molecule has 3 aromatic rings. The highest BCUT2D eigenvalue weighted by molar-refractivity contribution is 5.22. The molecule has 3 aromatic carbocycles. The van der Waals surface area contributed by atoms with E-state index in [0.717, 1.165) is 0 Å². The molecule has 0 aliphatic rings. The van der Waals surface area contributed by atoms with Crippen LogP contribution in [0.2, 0.25) is 0 Å². The van der Waals surface area contributed by atoms with Crippen LogP contribution in [0.1, 0.15) is 48.0 Å². The molecule has 0 aliphatic heterocycles. The highest BCUT2D eigenvalue weighted by Gasteiger charge is 1.85. The van der Waals surface area contributed by atoms with Gasteiger partial charge in [0.2, 0.25) is 0 Å². The number of nitrogens with zero attached hydrogens (tertiary/aromatic N) is 2. The average molecular weight is 421 g/mol. The van der Waals surface area contributed by atoms with Gasteiger partial charge < -0.3 is 9.47 Å². The van der Waals surface area contributed by atoms with Gasteiger partial charge in [-0.2, -0.15) is 0 Å². The Hall–Kier alpha value is -3.76. The van der Waals surface area contributed by atoms with Gasteiger partial charge >= 0.3 is 0 Å². The highest BCUT2D eigenvalue weighted by atomic mass is 16.5. The first-order chi connectivity index (χ1) is 14.7. The van der Waals surface area contributed by atoms with E-state index in [1.165, 1.54) is 12.8 Å². The summed E-state index contributed by atoms with van der Waals surface area (Å²) in [6.07, 6.45) is 5.67. The van der Waals surface area contributed by atoms with Crippen molar-refractivity contribution in [2.75, 3.05) is 0 Å². The van der Waals surface area contributed by atoms with Crippen molar-refractivity contribution in [2.24, 2.45) is 0 Å². The number of nitriles is 2. The van der Waals surface area contributed by atoms with E-state index in [-0.39, 0.29) is 7.43 Å². The maximum atomic E-state index is 8.05. The zero-order valence-electron chi connectivity index (χ0n) is 18.4. The van der Waals surface area contributed by atoms with Crippen LogP contribution in [0, 0.1) is 23.0 Å².